The first kappa shape index (κ1) is 15.7. The van der Waals surface area contributed by atoms with Gasteiger partial charge in [0.2, 0.25) is 0 Å². The summed E-state index contributed by atoms with van der Waals surface area (Å²) < 4.78 is 10.1. The van der Waals surface area contributed by atoms with Crippen molar-refractivity contribution < 1.29 is 24.5 Å². The highest BCUT2D eigenvalue weighted by Gasteiger charge is 2.21. The predicted octanol–water partition coefficient (Wildman–Crippen LogP) is 2.82. The topological polar surface area (TPSA) is 76.0 Å². The van der Waals surface area contributed by atoms with Crippen LogP contribution in [0.2, 0.25) is 0 Å². The summed E-state index contributed by atoms with van der Waals surface area (Å²) in [5.74, 6) is -0.681. The Kier molecular flexibility index (Phi) is 4.88. The Morgan fingerprint density at radius 2 is 1.91 bits per heavy atom. The van der Waals surface area contributed by atoms with Gasteiger partial charge < -0.3 is 19.7 Å². The van der Waals surface area contributed by atoms with Crippen LogP contribution in [0.3, 0.4) is 0 Å². The standard InChI is InChI=1S/C17H18O5/c1-21-13-5-3-4-12(10-13)14(17(19)20)8-11-6-7-16(22-2)15(18)9-11/h3-7,9-10,14,18H,8H2,1-2H3,(H,19,20). The molecule has 1 atom stereocenters. The third-order valence-electron chi connectivity index (χ3n) is 3.48. The molecule has 0 radical (unpaired) electrons. The van der Waals surface area contributed by atoms with Crippen molar-refractivity contribution in [1.29, 1.82) is 0 Å². The molecule has 0 spiro atoms. The van der Waals surface area contributed by atoms with E-state index in [-0.39, 0.29) is 12.2 Å². The van der Waals surface area contributed by atoms with E-state index in [2.05, 4.69) is 0 Å². The molecule has 0 bridgehead atoms. The Hall–Kier alpha value is -2.69. The van der Waals surface area contributed by atoms with Crippen molar-refractivity contribution in [3.8, 4) is 17.2 Å². The maximum atomic E-state index is 11.6. The smallest absolute Gasteiger partial charge is 0.311 e. The first-order valence-corrected chi connectivity index (χ1v) is 6.77. The number of methoxy groups -OCH3 is 2. The second kappa shape index (κ2) is 6.85. The zero-order valence-electron chi connectivity index (χ0n) is 12.4. The Labute approximate surface area is 128 Å². The van der Waals surface area contributed by atoms with E-state index in [1.165, 1.54) is 20.3 Å². The number of carbonyl (C=O) groups is 1. The summed E-state index contributed by atoms with van der Waals surface area (Å²) in [6.45, 7) is 0. The second-order valence-electron chi connectivity index (χ2n) is 4.88. The lowest BCUT2D eigenvalue weighted by atomic mass is 9.92. The number of aromatic hydroxyl groups is 1. The van der Waals surface area contributed by atoms with Crippen molar-refractivity contribution in [2.75, 3.05) is 14.2 Å². The summed E-state index contributed by atoms with van der Waals surface area (Å²) in [5, 5.41) is 19.3. The van der Waals surface area contributed by atoms with Crippen LogP contribution in [0.15, 0.2) is 42.5 Å². The van der Waals surface area contributed by atoms with Gasteiger partial charge in [-0.25, -0.2) is 0 Å². The summed E-state index contributed by atoms with van der Waals surface area (Å²) in [5.41, 5.74) is 1.37. The van der Waals surface area contributed by atoms with Gasteiger partial charge in [-0.2, -0.15) is 0 Å². The van der Waals surface area contributed by atoms with E-state index < -0.39 is 11.9 Å². The van der Waals surface area contributed by atoms with Crippen molar-refractivity contribution in [2.24, 2.45) is 0 Å². The maximum absolute atomic E-state index is 11.6. The SMILES string of the molecule is COc1cccc(C(Cc2ccc(OC)c(O)c2)C(=O)O)c1. The van der Waals surface area contributed by atoms with E-state index >= 15 is 0 Å². The average Bonchev–Trinajstić information content (AvgIpc) is 2.52. The van der Waals surface area contributed by atoms with Crippen LogP contribution in [0.25, 0.3) is 0 Å². The fraction of sp³-hybridized carbons (Fsp3) is 0.235. The number of hydrogen-bond donors (Lipinski definition) is 2. The van der Waals surface area contributed by atoms with E-state index in [0.29, 0.717) is 22.6 Å². The Balaban J connectivity index is 2.29. The van der Waals surface area contributed by atoms with Gasteiger partial charge in [-0.1, -0.05) is 18.2 Å². The fourth-order valence-corrected chi connectivity index (χ4v) is 2.30. The van der Waals surface area contributed by atoms with Crippen molar-refractivity contribution in [2.45, 2.75) is 12.3 Å². The molecule has 0 amide bonds. The Bertz CT molecular complexity index is 666. The molecule has 5 heteroatoms. The summed E-state index contributed by atoms with van der Waals surface area (Å²) in [6, 6.07) is 11.9. The number of carboxylic acid groups (broad SMARTS) is 1. The monoisotopic (exact) mass is 302 g/mol. The van der Waals surface area contributed by atoms with Crippen LogP contribution in [-0.4, -0.2) is 30.4 Å². The molecule has 5 nitrogen and oxygen atoms in total. The first-order valence-electron chi connectivity index (χ1n) is 6.77. The molecular weight excluding hydrogens is 284 g/mol. The lowest BCUT2D eigenvalue weighted by molar-refractivity contribution is -0.138. The minimum Gasteiger partial charge on any atom is -0.504 e. The molecule has 0 heterocycles. The molecule has 2 rings (SSSR count). The molecule has 0 aliphatic rings. The van der Waals surface area contributed by atoms with E-state index in [4.69, 9.17) is 9.47 Å². The highest BCUT2D eigenvalue weighted by Crippen LogP contribution is 2.30. The number of carboxylic acids is 1. The van der Waals surface area contributed by atoms with Crippen molar-refractivity contribution in [3.63, 3.8) is 0 Å². The minimum absolute atomic E-state index is 0.00483. The quantitative estimate of drug-likeness (QED) is 0.858. The number of benzene rings is 2. The van der Waals surface area contributed by atoms with Crippen molar-refractivity contribution in [3.05, 3.63) is 53.6 Å². The third-order valence-corrected chi connectivity index (χ3v) is 3.48. The molecule has 2 aromatic rings. The molecule has 0 saturated carbocycles. The van der Waals surface area contributed by atoms with Gasteiger partial charge in [0.25, 0.3) is 0 Å². The lowest BCUT2D eigenvalue weighted by Crippen LogP contribution is -2.14. The average molecular weight is 302 g/mol. The van der Waals surface area contributed by atoms with Crippen LogP contribution < -0.4 is 9.47 Å². The van der Waals surface area contributed by atoms with Gasteiger partial charge >= 0.3 is 5.97 Å². The molecule has 0 fully saturated rings. The highest BCUT2D eigenvalue weighted by molar-refractivity contribution is 5.76. The van der Waals surface area contributed by atoms with Gasteiger partial charge in [-0.3, -0.25) is 4.79 Å². The molecule has 116 valence electrons. The Morgan fingerprint density at radius 3 is 2.50 bits per heavy atom. The molecule has 1 unspecified atom stereocenters. The molecule has 0 aliphatic carbocycles. The molecule has 0 aliphatic heterocycles. The van der Waals surface area contributed by atoms with E-state index in [1.54, 1.807) is 36.4 Å². The van der Waals surface area contributed by atoms with Crippen LogP contribution in [0.5, 0.6) is 17.2 Å². The molecule has 22 heavy (non-hydrogen) atoms. The van der Waals surface area contributed by atoms with Gasteiger partial charge in [0, 0.05) is 0 Å². The molecule has 0 aromatic heterocycles. The normalized spacial score (nSPS) is 11.7. The zero-order valence-corrected chi connectivity index (χ0v) is 12.4. The molecule has 2 N–H and O–H groups in total. The summed E-state index contributed by atoms with van der Waals surface area (Å²) in [7, 11) is 3.00. The lowest BCUT2D eigenvalue weighted by Gasteiger charge is -2.14. The zero-order chi connectivity index (χ0) is 16.1. The third kappa shape index (κ3) is 3.49. The van der Waals surface area contributed by atoms with Crippen LogP contribution in [0.4, 0.5) is 0 Å². The van der Waals surface area contributed by atoms with Crippen LogP contribution in [0, 0.1) is 0 Å². The largest absolute Gasteiger partial charge is 0.504 e. The maximum Gasteiger partial charge on any atom is 0.311 e. The Morgan fingerprint density at radius 1 is 1.14 bits per heavy atom. The van der Waals surface area contributed by atoms with E-state index in [0.717, 1.165) is 0 Å². The van der Waals surface area contributed by atoms with Gasteiger partial charge in [0.1, 0.15) is 5.75 Å². The number of ether oxygens (including phenoxy) is 2. The summed E-state index contributed by atoms with van der Waals surface area (Å²) in [4.78, 5) is 11.6. The van der Waals surface area contributed by atoms with Crippen LogP contribution >= 0.6 is 0 Å². The molecular formula is C17H18O5. The van der Waals surface area contributed by atoms with Gasteiger partial charge in [0.15, 0.2) is 11.5 Å². The number of hydrogen-bond acceptors (Lipinski definition) is 4. The second-order valence-corrected chi connectivity index (χ2v) is 4.88. The van der Waals surface area contributed by atoms with E-state index in [9.17, 15) is 15.0 Å². The number of phenolic OH excluding ortho intramolecular Hbond substituents is 1. The number of phenols is 1. The number of rotatable bonds is 6. The summed E-state index contributed by atoms with van der Waals surface area (Å²) >= 11 is 0. The minimum atomic E-state index is -0.927. The molecule has 2 aromatic carbocycles. The first-order chi connectivity index (χ1) is 10.5. The van der Waals surface area contributed by atoms with Gasteiger partial charge in [0.05, 0.1) is 20.1 Å². The van der Waals surface area contributed by atoms with Crippen molar-refractivity contribution in [1.82, 2.24) is 0 Å². The van der Waals surface area contributed by atoms with Gasteiger partial charge in [-0.15, -0.1) is 0 Å². The van der Waals surface area contributed by atoms with Crippen molar-refractivity contribution >= 4 is 5.97 Å². The highest BCUT2D eigenvalue weighted by atomic mass is 16.5. The predicted molar refractivity (Wildman–Crippen MR) is 81.7 cm³/mol. The van der Waals surface area contributed by atoms with Gasteiger partial charge in [-0.05, 0) is 41.8 Å². The summed E-state index contributed by atoms with van der Waals surface area (Å²) in [6.07, 6.45) is 0.264. The fourth-order valence-electron chi connectivity index (χ4n) is 2.30. The van der Waals surface area contributed by atoms with Crippen LogP contribution in [0.1, 0.15) is 17.0 Å². The van der Waals surface area contributed by atoms with Crippen LogP contribution in [-0.2, 0) is 11.2 Å². The molecule has 0 saturated heterocycles. The number of aliphatic carboxylic acids is 1. The van der Waals surface area contributed by atoms with E-state index in [1.807, 2.05) is 0 Å².